The molecule has 1 amide bonds. The molecule has 1 aliphatic heterocycles. The summed E-state index contributed by atoms with van der Waals surface area (Å²) in [7, 11) is 2.11. The second kappa shape index (κ2) is 9.53. The Bertz CT molecular complexity index is 1100. The summed E-state index contributed by atoms with van der Waals surface area (Å²) in [4.78, 5) is 17.5. The number of benzene rings is 2. The third-order valence-corrected chi connectivity index (χ3v) is 6.33. The molecule has 2 heterocycles. The highest BCUT2D eigenvalue weighted by Gasteiger charge is 2.29. The van der Waals surface area contributed by atoms with Crippen molar-refractivity contribution in [1.82, 2.24) is 19.6 Å². The Morgan fingerprint density at radius 1 is 1.03 bits per heavy atom. The molecule has 1 aromatic heterocycles. The Hall–Kier alpha value is -3.18. The van der Waals surface area contributed by atoms with Crippen LogP contribution in [0.25, 0.3) is 6.08 Å². The van der Waals surface area contributed by atoms with E-state index < -0.39 is 0 Å². The maximum atomic E-state index is 13.2. The Kier molecular flexibility index (Phi) is 6.56. The Morgan fingerprint density at radius 3 is 2.47 bits per heavy atom. The van der Waals surface area contributed by atoms with Crippen LogP contribution in [0.5, 0.6) is 0 Å². The molecule has 32 heavy (non-hydrogen) atoms. The minimum Gasteiger partial charge on any atom is -0.330 e. The third-order valence-electron chi connectivity index (χ3n) is 6.33. The lowest BCUT2D eigenvalue weighted by Gasteiger charge is -2.40. The quantitative estimate of drug-likeness (QED) is 0.566. The van der Waals surface area contributed by atoms with Crippen LogP contribution >= 0.6 is 0 Å². The van der Waals surface area contributed by atoms with E-state index in [9.17, 15) is 4.79 Å². The maximum Gasteiger partial charge on any atom is 0.247 e. The van der Waals surface area contributed by atoms with Gasteiger partial charge in [-0.15, -0.1) is 0 Å². The molecule has 1 atom stereocenters. The average Bonchev–Trinajstić information content (AvgIpc) is 3.06. The minimum atomic E-state index is 0.0528. The van der Waals surface area contributed by atoms with Crippen LogP contribution in [-0.4, -0.2) is 52.2 Å². The largest absolute Gasteiger partial charge is 0.330 e. The number of nitrogens with zero attached hydrogens (tertiary/aromatic N) is 4. The number of aryl methyl sites for hydroxylation is 2. The van der Waals surface area contributed by atoms with Gasteiger partial charge in [-0.05, 0) is 45.0 Å². The lowest BCUT2D eigenvalue weighted by Crippen LogP contribution is -2.48. The Balaban J connectivity index is 1.52. The monoisotopic (exact) mass is 428 g/mol. The zero-order valence-electron chi connectivity index (χ0n) is 19.5. The lowest BCUT2D eigenvalue weighted by molar-refractivity contribution is -0.130. The van der Waals surface area contributed by atoms with Crippen LogP contribution in [0.15, 0.2) is 60.7 Å². The second-order valence-corrected chi connectivity index (χ2v) is 8.78. The van der Waals surface area contributed by atoms with Crippen LogP contribution in [-0.2, 0) is 11.3 Å². The van der Waals surface area contributed by atoms with Gasteiger partial charge in [-0.25, -0.2) is 0 Å². The van der Waals surface area contributed by atoms with E-state index in [-0.39, 0.29) is 11.9 Å². The highest BCUT2D eigenvalue weighted by molar-refractivity contribution is 5.92. The zero-order chi connectivity index (χ0) is 22.7. The zero-order valence-corrected chi connectivity index (χ0v) is 19.5. The molecule has 0 aliphatic carbocycles. The number of rotatable bonds is 5. The van der Waals surface area contributed by atoms with Crippen LogP contribution in [0.3, 0.4) is 0 Å². The van der Waals surface area contributed by atoms with Crippen molar-refractivity contribution in [3.63, 3.8) is 0 Å². The molecule has 1 aliphatic rings. The summed E-state index contributed by atoms with van der Waals surface area (Å²) in [5, 5.41) is 4.72. The first-order valence-electron chi connectivity index (χ1n) is 11.2. The van der Waals surface area contributed by atoms with Crippen LogP contribution < -0.4 is 0 Å². The van der Waals surface area contributed by atoms with Crippen molar-refractivity contribution in [2.75, 3.05) is 26.7 Å². The van der Waals surface area contributed by atoms with Crippen molar-refractivity contribution in [2.45, 2.75) is 33.4 Å². The van der Waals surface area contributed by atoms with Crippen LogP contribution in [0, 0.1) is 20.8 Å². The Labute approximate surface area is 191 Å². The molecule has 0 N–H and O–H groups in total. The van der Waals surface area contributed by atoms with Crippen molar-refractivity contribution in [1.29, 1.82) is 0 Å². The molecule has 0 saturated carbocycles. The predicted octanol–water partition coefficient (Wildman–Crippen LogP) is 4.39. The molecule has 0 bridgehead atoms. The first-order valence-corrected chi connectivity index (χ1v) is 11.2. The number of piperazine rings is 1. The van der Waals surface area contributed by atoms with Gasteiger partial charge in [0, 0.05) is 37.0 Å². The van der Waals surface area contributed by atoms with Gasteiger partial charge in [0.25, 0.3) is 0 Å². The lowest BCUT2D eigenvalue weighted by atomic mass is 10.0. The van der Waals surface area contributed by atoms with Crippen molar-refractivity contribution in [3.8, 4) is 0 Å². The van der Waals surface area contributed by atoms with E-state index in [0.29, 0.717) is 0 Å². The normalized spacial score (nSPS) is 17.2. The van der Waals surface area contributed by atoms with Crippen molar-refractivity contribution >= 4 is 12.0 Å². The number of hydrogen-bond acceptors (Lipinski definition) is 3. The highest BCUT2D eigenvalue weighted by atomic mass is 16.2. The summed E-state index contributed by atoms with van der Waals surface area (Å²) >= 11 is 0. The van der Waals surface area contributed by atoms with E-state index >= 15 is 0 Å². The first-order chi connectivity index (χ1) is 15.4. The SMILES string of the molecule is Cc1ccc(Cn2nc(C)c(/C=C/C(=O)N3CCN(C)C[C@H]3c3ccccc3)c2C)cc1. The molecular formula is C27H32N4O. The summed E-state index contributed by atoms with van der Waals surface area (Å²) in [6, 6.07) is 18.9. The molecule has 5 nitrogen and oxygen atoms in total. The topological polar surface area (TPSA) is 41.4 Å². The van der Waals surface area contributed by atoms with E-state index in [1.165, 1.54) is 16.7 Å². The molecule has 4 rings (SSSR count). The average molecular weight is 429 g/mol. The number of carbonyl (C=O) groups is 1. The van der Waals surface area contributed by atoms with Crippen LogP contribution in [0.4, 0.5) is 0 Å². The van der Waals surface area contributed by atoms with Gasteiger partial charge in [0.1, 0.15) is 0 Å². The summed E-state index contributed by atoms with van der Waals surface area (Å²) in [5.41, 5.74) is 6.69. The van der Waals surface area contributed by atoms with Gasteiger partial charge in [0.05, 0.1) is 18.3 Å². The number of carbonyl (C=O) groups excluding carboxylic acids is 1. The van der Waals surface area contributed by atoms with Gasteiger partial charge in [-0.3, -0.25) is 9.48 Å². The first kappa shape index (κ1) is 22.0. The summed E-state index contributed by atoms with van der Waals surface area (Å²) in [6.45, 7) is 9.35. The summed E-state index contributed by atoms with van der Waals surface area (Å²) < 4.78 is 2.02. The van der Waals surface area contributed by atoms with Gasteiger partial charge in [-0.1, -0.05) is 60.2 Å². The van der Waals surface area contributed by atoms with E-state index in [4.69, 9.17) is 5.10 Å². The Morgan fingerprint density at radius 2 is 1.75 bits per heavy atom. The molecule has 1 fully saturated rings. The maximum absolute atomic E-state index is 13.2. The third kappa shape index (κ3) is 4.83. The van der Waals surface area contributed by atoms with Crippen molar-refractivity contribution < 1.29 is 4.79 Å². The molecule has 0 unspecified atom stereocenters. The molecule has 166 valence electrons. The van der Waals surface area contributed by atoms with Gasteiger partial charge in [0.2, 0.25) is 5.91 Å². The minimum absolute atomic E-state index is 0.0528. The fourth-order valence-corrected chi connectivity index (χ4v) is 4.37. The molecule has 0 spiro atoms. The number of likely N-dealkylation sites (N-methyl/N-ethyl adjacent to an activating group) is 1. The molecule has 1 saturated heterocycles. The van der Waals surface area contributed by atoms with E-state index in [1.807, 2.05) is 40.8 Å². The van der Waals surface area contributed by atoms with Gasteiger partial charge < -0.3 is 9.80 Å². The van der Waals surface area contributed by atoms with Gasteiger partial charge >= 0.3 is 0 Å². The molecule has 5 heteroatoms. The molecular weight excluding hydrogens is 396 g/mol. The number of hydrogen-bond donors (Lipinski definition) is 0. The molecule has 0 radical (unpaired) electrons. The smallest absolute Gasteiger partial charge is 0.247 e. The highest BCUT2D eigenvalue weighted by Crippen LogP contribution is 2.25. The van der Waals surface area contributed by atoms with Crippen LogP contribution in [0.2, 0.25) is 0 Å². The molecule has 2 aromatic carbocycles. The van der Waals surface area contributed by atoms with E-state index in [2.05, 4.69) is 62.2 Å². The van der Waals surface area contributed by atoms with Crippen molar-refractivity contribution in [2.24, 2.45) is 0 Å². The van der Waals surface area contributed by atoms with E-state index in [1.54, 1.807) is 6.08 Å². The van der Waals surface area contributed by atoms with Crippen LogP contribution in [0.1, 0.15) is 39.7 Å². The van der Waals surface area contributed by atoms with Gasteiger partial charge in [-0.2, -0.15) is 5.10 Å². The van der Waals surface area contributed by atoms with Crippen molar-refractivity contribution in [3.05, 3.63) is 94.3 Å². The summed E-state index contributed by atoms with van der Waals surface area (Å²) in [6.07, 6.45) is 3.65. The van der Waals surface area contributed by atoms with Gasteiger partial charge in [0.15, 0.2) is 0 Å². The predicted molar refractivity (Wildman–Crippen MR) is 129 cm³/mol. The standard InChI is InChI=1S/C27H32N4O/c1-20-10-12-23(13-11-20)18-31-22(3)25(21(2)28-31)14-15-27(32)30-17-16-29(4)19-26(30)24-8-6-5-7-9-24/h5-15,26H,16-19H2,1-4H3/b15-14+/t26-/m0/s1. The van der Waals surface area contributed by atoms with E-state index in [0.717, 1.165) is 43.1 Å². The fourth-order valence-electron chi connectivity index (χ4n) is 4.37. The number of aromatic nitrogens is 2. The summed E-state index contributed by atoms with van der Waals surface area (Å²) in [5.74, 6) is 0.0528. The fraction of sp³-hybridized carbons (Fsp3) is 0.333. The molecule has 3 aromatic rings. The second-order valence-electron chi connectivity index (χ2n) is 8.78. The number of amides is 1.